The molecule has 0 N–H and O–H groups in total. The minimum atomic E-state index is -1.65. The molecule has 0 unspecified atom stereocenters. The first kappa shape index (κ1) is 23.9. The first-order chi connectivity index (χ1) is 13.4. The van der Waals surface area contributed by atoms with E-state index in [9.17, 15) is 14.4 Å². The molecule has 8 heteroatoms. The van der Waals surface area contributed by atoms with E-state index >= 15 is 0 Å². The van der Waals surface area contributed by atoms with Gasteiger partial charge in [-0.3, -0.25) is 9.59 Å². The monoisotopic (exact) mass is 504 g/mol. The number of esters is 2. The normalized spacial score (nSPS) is 11.1. The van der Waals surface area contributed by atoms with Gasteiger partial charge in [0.15, 0.2) is 5.41 Å². The largest absolute Gasteiger partial charge is 0.508 e. The summed E-state index contributed by atoms with van der Waals surface area (Å²) in [4.78, 5) is 37.1. The predicted octanol–water partition coefficient (Wildman–Crippen LogP) is 3.77. The summed E-state index contributed by atoms with van der Waals surface area (Å²) >= 11 is 2.07. The van der Waals surface area contributed by atoms with E-state index in [-0.39, 0.29) is 32.8 Å². The zero-order valence-electron chi connectivity index (χ0n) is 16.2. The van der Waals surface area contributed by atoms with Crippen molar-refractivity contribution in [3.8, 4) is 0 Å². The van der Waals surface area contributed by atoms with Crippen LogP contribution < -0.4 is 0 Å². The predicted molar refractivity (Wildman–Crippen MR) is 111 cm³/mol. The fraction of sp³-hybridized carbons (Fsp3) is 0.450. The highest BCUT2D eigenvalue weighted by molar-refractivity contribution is 14.1. The molecule has 0 aliphatic heterocycles. The smallest absolute Gasteiger partial charge is 0.465 e. The number of allylic oxidation sites excluding steroid dienone is 1. The lowest BCUT2D eigenvalue weighted by molar-refractivity contribution is -0.164. The summed E-state index contributed by atoms with van der Waals surface area (Å²) in [6.45, 7) is 5.43. The molecular formula is C20H25IO7. The van der Waals surface area contributed by atoms with Crippen LogP contribution in [-0.2, 0) is 34.0 Å². The lowest BCUT2D eigenvalue weighted by atomic mass is 9.77. The summed E-state index contributed by atoms with van der Waals surface area (Å²) in [5.74, 6) is -1.37. The van der Waals surface area contributed by atoms with Crippen molar-refractivity contribution < 1.29 is 33.3 Å². The molecule has 0 aromatic heterocycles. The van der Waals surface area contributed by atoms with Crippen molar-refractivity contribution in [2.75, 3.05) is 26.4 Å². The molecule has 1 aromatic carbocycles. The number of benzene rings is 1. The Morgan fingerprint density at radius 1 is 0.893 bits per heavy atom. The van der Waals surface area contributed by atoms with Gasteiger partial charge >= 0.3 is 18.1 Å². The van der Waals surface area contributed by atoms with Crippen molar-refractivity contribution in [2.24, 2.45) is 0 Å². The molecule has 0 bridgehead atoms. The Bertz CT molecular complexity index is 682. The Labute approximate surface area is 178 Å². The van der Waals surface area contributed by atoms with Gasteiger partial charge in [0.05, 0.1) is 19.8 Å². The van der Waals surface area contributed by atoms with Crippen LogP contribution in [0.2, 0.25) is 0 Å². The number of carbonyl (C=O) groups excluding carboxylic acids is 3. The Morgan fingerprint density at radius 3 is 2.00 bits per heavy atom. The van der Waals surface area contributed by atoms with Gasteiger partial charge in [0.2, 0.25) is 0 Å². The number of hydrogen-bond acceptors (Lipinski definition) is 7. The molecule has 0 amide bonds. The van der Waals surface area contributed by atoms with Gasteiger partial charge in [-0.25, -0.2) is 4.79 Å². The second kappa shape index (κ2) is 12.4. The number of carbonyl (C=O) groups is 3. The molecule has 0 aliphatic carbocycles. The summed E-state index contributed by atoms with van der Waals surface area (Å²) in [7, 11) is 0. The molecule has 154 valence electrons. The maximum atomic E-state index is 12.9. The Balaban J connectivity index is 3.21. The molecule has 0 heterocycles. The Morgan fingerprint density at radius 2 is 1.46 bits per heavy atom. The van der Waals surface area contributed by atoms with Crippen LogP contribution in [0.1, 0.15) is 32.8 Å². The van der Waals surface area contributed by atoms with Gasteiger partial charge in [0.25, 0.3) is 0 Å². The number of rotatable bonds is 10. The van der Waals surface area contributed by atoms with Crippen LogP contribution in [0.25, 0.3) is 0 Å². The zero-order chi connectivity index (χ0) is 21.0. The second-order valence-corrected chi connectivity index (χ2v) is 6.66. The SMILES string of the molecule is CCOC(=O)OC/C=C\CC(C(=O)OCC)(C(=O)OCC)c1ccccc1I. The van der Waals surface area contributed by atoms with E-state index in [4.69, 9.17) is 14.2 Å². The highest BCUT2D eigenvalue weighted by Gasteiger charge is 2.50. The van der Waals surface area contributed by atoms with Gasteiger partial charge in [0, 0.05) is 3.57 Å². The fourth-order valence-corrected chi connectivity index (χ4v) is 3.35. The minimum Gasteiger partial charge on any atom is -0.465 e. The summed E-state index contributed by atoms with van der Waals surface area (Å²) in [5.41, 5.74) is -1.15. The molecule has 0 spiro atoms. The minimum absolute atomic E-state index is 0.00311. The van der Waals surface area contributed by atoms with Crippen LogP contribution in [0.5, 0.6) is 0 Å². The van der Waals surface area contributed by atoms with Crippen molar-refractivity contribution in [1.29, 1.82) is 0 Å². The van der Waals surface area contributed by atoms with Crippen molar-refractivity contribution in [3.63, 3.8) is 0 Å². The molecule has 0 fully saturated rings. The standard InChI is InChI=1S/C20H25IO7/c1-4-25-17(22)20(18(23)26-5-2,15-11-7-8-12-16(15)21)13-9-10-14-28-19(24)27-6-3/h7-12H,4-6,13-14H2,1-3H3/b10-9-. The Kier molecular flexibility index (Phi) is 10.6. The zero-order valence-corrected chi connectivity index (χ0v) is 18.4. The maximum absolute atomic E-state index is 12.9. The molecule has 7 nitrogen and oxygen atoms in total. The molecular weight excluding hydrogens is 479 g/mol. The highest BCUT2D eigenvalue weighted by atomic mass is 127. The first-order valence-corrected chi connectivity index (χ1v) is 10.1. The van der Waals surface area contributed by atoms with Crippen LogP contribution in [-0.4, -0.2) is 44.5 Å². The third kappa shape index (κ3) is 6.22. The van der Waals surface area contributed by atoms with E-state index in [1.807, 2.05) is 6.07 Å². The lowest BCUT2D eigenvalue weighted by Crippen LogP contribution is -2.46. The average molecular weight is 504 g/mol. The van der Waals surface area contributed by atoms with Gasteiger partial charge in [-0.2, -0.15) is 0 Å². The van der Waals surface area contributed by atoms with E-state index in [0.717, 1.165) is 3.57 Å². The van der Waals surface area contributed by atoms with E-state index in [2.05, 4.69) is 27.3 Å². The third-order valence-electron chi connectivity index (χ3n) is 3.73. The molecule has 0 saturated carbocycles. The molecule has 1 aromatic rings. The van der Waals surface area contributed by atoms with Crippen LogP contribution in [0.4, 0.5) is 4.79 Å². The van der Waals surface area contributed by atoms with Crippen LogP contribution in [0.15, 0.2) is 36.4 Å². The first-order valence-electron chi connectivity index (χ1n) is 8.97. The third-order valence-corrected chi connectivity index (χ3v) is 4.67. The highest BCUT2D eigenvalue weighted by Crippen LogP contribution is 2.35. The lowest BCUT2D eigenvalue weighted by Gasteiger charge is -2.29. The molecule has 1 rings (SSSR count). The number of hydrogen-bond donors (Lipinski definition) is 0. The van der Waals surface area contributed by atoms with Crippen molar-refractivity contribution in [3.05, 3.63) is 45.6 Å². The van der Waals surface area contributed by atoms with Crippen molar-refractivity contribution >= 4 is 40.7 Å². The summed E-state index contributed by atoms with van der Waals surface area (Å²) in [6.07, 6.45) is 2.35. The van der Waals surface area contributed by atoms with E-state index < -0.39 is 23.5 Å². The van der Waals surface area contributed by atoms with E-state index in [1.165, 1.54) is 0 Å². The molecule has 0 saturated heterocycles. The summed E-state index contributed by atoms with van der Waals surface area (Å²) < 4.78 is 20.7. The molecule has 28 heavy (non-hydrogen) atoms. The number of halogens is 1. The summed E-state index contributed by atoms with van der Waals surface area (Å²) in [5, 5.41) is 0. The van der Waals surface area contributed by atoms with Gasteiger partial charge in [-0.05, 0) is 61.4 Å². The molecule has 0 atom stereocenters. The van der Waals surface area contributed by atoms with Gasteiger partial charge in [-0.15, -0.1) is 0 Å². The van der Waals surface area contributed by atoms with E-state index in [0.29, 0.717) is 5.56 Å². The fourth-order valence-electron chi connectivity index (χ4n) is 2.50. The van der Waals surface area contributed by atoms with Gasteiger partial charge in [-0.1, -0.05) is 30.4 Å². The van der Waals surface area contributed by atoms with Crippen LogP contribution in [0, 0.1) is 3.57 Å². The quantitative estimate of drug-likeness (QED) is 0.158. The molecule has 0 aliphatic rings. The van der Waals surface area contributed by atoms with E-state index in [1.54, 1.807) is 51.1 Å². The summed E-state index contributed by atoms with van der Waals surface area (Å²) in [6, 6.07) is 7.07. The van der Waals surface area contributed by atoms with Crippen molar-refractivity contribution in [2.45, 2.75) is 32.6 Å². The van der Waals surface area contributed by atoms with Gasteiger partial charge in [0.1, 0.15) is 6.61 Å². The molecule has 0 radical (unpaired) electrons. The maximum Gasteiger partial charge on any atom is 0.508 e. The van der Waals surface area contributed by atoms with Crippen LogP contribution in [0.3, 0.4) is 0 Å². The van der Waals surface area contributed by atoms with Crippen molar-refractivity contribution in [1.82, 2.24) is 0 Å². The van der Waals surface area contributed by atoms with Gasteiger partial charge < -0.3 is 18.9 Å². The average Bonchev–Trinajstić information content (AvgIpc) is 2.66. The topological polar surface area (TPSA) is 88.1 Å². The Hall–Kier alpha value is -2.10. The van der Waals surface area contributed by atoms with Crippen LogP contribution >= 0.6 is 22.6 Å². The second-order valence-electron chi connectivity index (χ2n) is 5.50. The number of ether oxygens (including phenoxy) is 4.